The van der Waals surface area contributed by atoms with E-state index < -0.39 is 5.97 Å². The normalized spacial score (nSPS) is 23.3. The highest BCUT2D eigenvalue weighted by Gasteiger charge is 2.53. The number of benzene rings is 1. The first-order chi connectivity index (χ1) is 12.8. The van der Waals surface area contributed by atoms with Crippen LogP contribution in [0.25, 0.3) is 0 Å². The summed E-state index contributed by atoms with van der Waals surface area (Å²) in [5, 5.41) is 8.93. The monoisotopic (exact) mass is 382 g/mol. The average molecular weight is 383 g/mol. The molecule has 0 heterocycles. The molecule has 1 unspecified atom stereocenters. The van der Waals surface area contributed by atoms with Crippen LogP contribution in [0, 0.1) is 5.92 Å². The maximum absolute atomic E-state index is 10.9. The summed E-state index contributed by atoms with van der Waals surface area (Å²) in [7, 11) is 0. The summed E-state index contributed by atoms with van der Waals surface area (Å²) in [6.45, 7) is 17.8. The number of rotatable bonds is 6. The standard InChI is InChI=1S/C26H38O2/c1-9-12-26(17-19(26)11-10-18(2)13-23(27)28)22-15-20(24(3,4)5)14-21(16-22)25(6,7)8/h10-11,13-16,19H,9,12,17H2,1-8H3,(H,27,28)/t19?,26-/m0/s1. The second-order valence-electron chi connectivity index (χ2n) is 10.6. The van der Waals surface area contributed by atoms with Crippen molar-refractivity contribution >= 4 is 5.97 Å². The van der Waals surface area contributed by atoms with Crippen molar-refractivity contribution in [3.63, 3.8) is 0 Å². The zero-order valence-electron chi connectivity index (χ0n) is 19.0. The van der Waals surface area contributed by atoms with Crippen molar-refractivity contribution in [2.45, 2.75) is 90.9 Å². The summed E-state index contributed by atoms with van der Waals surface area (Å²) in [5.41, 5.74) is 5.49. The van der Waals surface area contributed by atoms with Crippen molar-refractivity contribution in [1.29, 1.82) is 0 Å². The summed E-state index contributed by atoms with van der Waals surface area (Å²) in [4.78, 5) is 10.9. The summed E-state index contributed by atoms with van der Waals surface area (Å²) in [6.07, 6.45) is 8.95. The van der Waals surface area contributed by atoms with Crippen molar-refractivity contribution < 1.29 is 9.90 Å². The lowest BCUT2D eigenvalue weighted by atomic mass is 9.76. The maximum atomic E-state index is 10.9. The van der Waals surface area contributed by atoms with Crippen LogP contribution in [0.3, 0.4) is 0 Å². The molecule has 1 aromatic rings. The SMILES string of the molecule is CCC[C@]1(c2cc(C(C)(C)C)cc(C(C)(C)C)c2)CC1C=CC(C)=CC(=O)O. The highest BCUT2D eigenvalue weighted by molar-refractivity contribution is 5.81. The number of aliphatic carboxylic acids is 1. The van der Waals surface area contributed by atoms with Crippen molar-refractivity contribution in [3.8, 4) is 0 Å². The van der Waals surface area contributed by atoms with Crippen molar-refractivity contribution in [2.75, 3.05) is 0 Å². The van der Waals surface area contributed by atoms with Crippen molar-refractivity contribution in [1.82, 2.24) is 0 Å². The van der Waals surface area contributed by atoms with Crippen LogP contribution in [0.5, 0.6) is 0 Å². The fourth-order valence-corrected chi connectivity index (χ4v) is 4.09. The van der Waals surface area contributed by atoms with E-state index in [1.54, 1.807) is 0 Å². The van der Waals surface area contributed by atoms with Gasteiger partial charge in [-0.3, -0.25) is 0 Å². The molecular formula is C26H38O2. The number of carboxylic acid groups (broad SMARTS) is 1. The van der Waals surface area contributed by atoms with Gasteiger partial charge in [0.2, 0.25) is 0 Å². The van der Waals surface area contributed by atoms with Gasteiger partial charge in [0.1, 0.15) is 0 Å². The average Bonchev–Trinajstić information content (AvgIpc) is 3.25. The Morgan fingerprint density at radius 2 is 1.64 bits per heavy atom. The van der Waals surface area contributed by atoms with E-state index in [1.165, 1.54) is 29.2 Å². The minimum Gasteiger partial charge on any atom is -0.478 e. The smallest absolute Gasteiger partial charge is 0.328 e. The molecule has 1 aliphatic rings. The molecule has 0 spiro atoms. The molecule has 0 aliphatic heterocycles. The van der Waals surface area contributed by atoms with E-state index in [9.17, 15) is 4.79 Å². The Labute approximate surface area is 171 Å². The zero-order chi connectivity index (χ0) is 21.3. The molecule has 2 heteroatoms. The first-order valence-electron chi connectivity index (χ1n) is 10.6. The van der Waals surface area contributed by atoms with Gasteiger partial charge in [0.05, 0.1) is 0 Å². The molecule has 28 heavy (non-hydrogen) atoms. The summed E-state index contributed by atoms with van der Waals surface area (Å²) >= 11 is 0. The van der Waals surface area contributed by atoms with Crippen LogP contribution >= 0.6 is 0 Å². The predicted octanol–water partition coefficient (Wildman–Crippen LogP) is 6.93. The van der Waals surface area contributed by atoms with E-state index in [0.717, 1.165) is 18.4 Å². The molecule has 0 saturated heterocycles. The van der Waals surface area contributed by atoms with Crippen LogP contribution in [0.2, 0.25) is 0 Å². The fraction of sp³-hybridized carbons (Fsp3) is 0.577. The molecule has 2 rings (SSSR count). The lowest BCUT2D eigenvalue weighted by Gasteiger charge is -2.28. The molecule has 2 atom stereocenters. The Balaban J connectivity index is 2.47. The van der Waals surface area contributed by atoms with E-state index in [1.807, 2.05) is 13.0 Å². The van der Waals surface area contributed by atoms with Crippen molar-refractivity contribution in [2.24, 2.45) is 5.92 Å². The van der Waals surface area contributed by atoms with Gasteiger partial charge in [-0.15, -0.1) is 0 Å². The van der Waals surface area contributed by atoms with E-state index in [4.69, 9.17) is 5.11 Å². The molecular weight excluding hydrogens is 344 g/mol. The maximum Gasteiger partial charge on any atom is 0.328 e. The minimum absolute atomic E-state index is 0.116. The highest BCUT2D eigenvalue weighted by atomic mass is 16.4. The van der Waals surface area contributed by atoms with Gasteiger partial charge >= 0.3 is 5.97 Å². The lowest BCUT2D eigenvalue weighted by molar-refractivity contribution is -0.131. The fourth-order valence-electron chi connectivity index (χ4n) is 4.09. The van der Waals surface area contributed by atoms with Gasteiger partial charge in [0.15, 0.2) is 0 Å². The van der Waals surface area contributed by atoms with Crippen LogP contribution < -0.4 is 0 Å². The van der Waals surface area contributed by atoms with E-state index in [2.05, 4.69) is 72.7 Å². The molecule has 1 N–H and O–H groups in total. The number of carboxylic acids is 1. The Kier molecular flexibility index (Phi) is 6.33. The quantitative estimate of drug-likeness (QED) is 0.428. The van der Waals surface area contributed by atoms with E-state index >= 15 is 0 Å². The summed E-state index contributed by atoms with van der Waals surface area (Å²) in [6, 6.07) is 7.24. The molecule has 1 saturated carbocycles. The third kappa shape index (κ3) is 5.16. The van der Waals surface area contributed by atoms with Crippen LogP contribution in [0.4, 0.5) is 0 Å². The van der Waals surface area contributed by atoms with Gasteiger partial charge in [0.25, 0.3) is 0 Å². The molecule has 1 aliphatic carbocycles. The second kappa shape index (κ2) is 7.89. The Bertz CT molecular complexity index is 751. The summed E-state index contributed by atoms with van der Waals surface area (Å²) < 4.78 is 0. The molecule has 0 amide bonds. The molecule has 1 aromatic carbocycles. The van der Waals surface area contributed by atoms with Gasteiger partial charge in [-0.25, -0.2) is 4.79 Å². The highest BCUT2D eigenvalue weighted by Crippen LogP contribution is 2.59. The molecule has 1 fully saturated rings. The van der Waals surface area contributed by atoms with Gasteiger partial charge in [0, 0.05) is 11.5 Å². The number of hydrogen-bond donors (Lipinski definition) is 1. The first-order valence-corrected chi connectivity index (χ1v) is 10.6. The van der Waals surface area contributed by atoms with Gasteiger partial charge < -0.3 is 5.11 Å². The van der Waals surface area contributed by atoms with Crippen LogP contribution in [0.15, 0.2) is 42.0 Å². The Hall–Kier alpha value is -1.83. The Morgan fingerprint density at radius 3 is 2.07 bits per heavy atom. The molecule has 0 bridgehead atoms. The van der Waals surface area contributed by atoms with Gasteiger partial charge in [-0.05, 0) is 58.8 Å². The topological polar surface area (TPSA) is 37.3 Å². The largest absolute Gasteiger partial charge is 0.478 e. The molecule has 0 radical (unpaired) electrons. The molecule has 0 aromatic heterocycles. The zero-order valence-corrected chi connectivity index (χ0v) is 19.0. The third-order valence-electron chi connectivity index (χ3n) is 6.01. The number of allylic oxidation sites excluding steroid dienone is 3. The molecule has 154 valence electrons. The van der Waals surface area contributed by atoms with Crippen LogP contribution in [-0.2, 0) is 21.0 Å². The third-order valence-corrected chi connectivity index (χ3v) is 6.01. The van der Waals surface area contributed by atoms with Gasteiger partial charge in [-0.1, -0.05) is 85.2 Å². The van der Waals surface area contributed by atoms with E-state index in [0.29, 0.717) is 5.92 Å². The minimum atomic E-state index is -0.884. The number of carbonyl (C=O) groups is 1. The number of hydrogen-bond acceptors (Lipinski definition) is 1. The predicted molar refractivity (Wildman–Crippen MR) is 119 cm³/mol. The Morgan fingerprint density at radius 1 is 1.11 bits per heavy atom. The van der Waals surface area contributed by atoms with E-state index in [-0.39, 0.29) is 16.2 Å². The lowest BCUT2D eigenvalue weighted by Crippen LogP contribution is -2.20. The van der Waals surface area contributed by atoms with Crippen LogP contribution in [0.1, 0.15) is 91.3 Å². The molecule has 2 nitrogen and oxygen atoms in total. The van der Waals surface area contributed by atoms with Crippen molar-refractivity contribution in [3.05, 3.63) is 58.7 Å². The summed E-state index contributed by atoms with van der Waals surface area (Å²) in [5.74, 6) is -0.405. The first kappa shape index (κ1) is 22.5. The second-order valence-corrected chi connectivity index (χ2v) is 10.6. The van der Waals surface area contributed by atoms with Crippen LogP contribution in [-0.4, -0.2) is 11.1 Å². The van der Waals surface area contributed by atoms with Gasteiger partial charge in [-0.2, -0.15) is 0 Å².